The van der Waals surface area contributed by atoms with Crippen molar-refractivity contribution in [3.8, 4) is 0 Å². The Morgan fingerprint density at radius 1 is 0.565 bits per heavy atom. The van der Waals surface area contributed by atoms with Crippen LogP contribution in [-0.4, -0.2) is 272 Å². The fourth-order valence-corrected chi connectivity index (χ4v) is 17.0. The number of allylic oxidation sites excluding steroid dienone is 2. The molecule has 0 aromatic carbocycles. The minimum Gasteiger partial charge on any atom is -0.726 e. The molecular formula is C53H83Na3O33S3. The number of Topliss-reactive ketones (excluding diaryl/α,β-unsaturated/α-hetero) is 1. The van der Waals surface area contributed by atoms with Crippen LogP contribution in [0.2, 0.25) is 0 Å². The molecule has 39 heteroatoms. The first kappa shape index (κ1) is 82.2. The number of aliphatic hydroxyl groups excluding tert-OH is 9. The van der Waals surface area contributed by atoms with E-state index >= 15 is 0 Å². The van der Waals surface area contributed by atoms with Gasteiger partial charge in [0.15, 0.2) is 31.5 Å². The van der Waals surface area contributed by atoms with Gasteiger partial charge in [0, 0.05) is 13.0 Å². The van der Waals surface area contributed by atoms with Gasteiger partial charge in [0.05, 0.1) is 38.6 Å². The first-order valence-corrected chi connectivity index (χ1v) is 33.4. The van der Waals surface area contributed by atoms with E-state index in [1.807, 2.05) is 13.8 Å². The number of ether oxygens (including phenoxy) is 11. The molecule has 3 saturated carbocycles. The molecule has 0 bridgehead atoms. The number of carbonyl (C=O) groups is 1. The summed E-state index contributed by atoms with van der Waals surface area (Å²) in [7, 11) is -15.6. The maximum absolute atomic E-state index is 13.0. The van der Waals surface area contributed by atoms with Gasteiger partial charge >= 0.3 is 88.7 Å². The monoisotopic (exact) mass is 1410 g/mol. The summed E-state index contributed by atoms with van der Waals surface area (Å²) in [5.41, 5.74) is -0.0227. The first-order chi connectivity index (χ1) is 41.2. The molecule has 4 aliphatic carbocycles. The molecule has 0 aromatic rings. The van der Waals surface area contributed by atoms with Crippen molar-refractivity contribution >= 4 is 37.0 Å². The molecule has 33 nitrogen and oxygen atoms in total. The Bertz CT molecular complexity index is 2890. The molecule has 9 N–H and O–H groups in total. The molecule has 8 fully saturated rings. The molecule has 5 aliphatic heterocycles. The van der Waals surface area contributed by atoms with E-state index < -0.39 is 210 Å². The maximum atomic E-state index is 13.0. The minimum atomic E-state index is -5.60. The number of ketones is 1. The number of aliphatic hydroxyl groups is 9. The zero-order valence-corrected chi connectivity index (χ0v) is 61.4. The van der Waals surface area contributed by atoms with E-state index in [0.29, 0.717) is 12.8 Å². The Labute approximate surface area is 600 Å². The third-order valence-electron chi connectivity index (χ3n) is 20.9. The zero-order valence-electron chi connectivity index (χ0n) is 53.0. The van der Waals surface area contributed by atoms with Crippen LogP contribution in [-0.2, 0) is 101 Å². The average molecular weight is 1410 g/mol. The van der Waals surface area contributed by atoms with Crippen LogP contribution in [0.4, 0.5) is 0 Å². The summed E-state index contributed by atoms with van der Waals surface area (Å²) >= 11 is 0. The molecule has 0 aromatic heterocycles. The Kier molecular flexibility index (Phi) is 28.1. The van der Waals surface area contributed by atoms with Gasteiger partial charge in [0.2, 0.25) is 31.2 Å². The predicted octanol–water partition coefficient (Wildman–Crippen LogP) is -12.9. The Morgan fingerprint density at radius 2 is 1.11 bits per heavy atom. The van der Waals surface area contributed by atoms with Crippen molar-refractivity contribution in [1.82, 2.24) is 0 Å². The minimum absolute atomic E-state index is 0. The average Bonchev–Trinajstić information content (AvgIpc) is 1.28. The van der Waals surface area contributed by atoms with E-state index in [1.165, 1.54) is 12.5 Å². The van der Waals surface area contributed by atoms with Crippen LogP contribution in [0.1, 0.15) is 93.4 Å². The van der Waals surface area contributed by atoms with Crippen molar-refractivity contribution in [2.45, 2.75) is 241 Å². The Balaban J connectivity index is 0.00000448. The van der Waals surface area contributed by atoms with E-state index in [4.69, 9.17) is 56.3 Å². The molecule has 5 heterocycles. The van der Waals surface area contributed by atoms with Gasteiger partial charge in [0.25, 0.3) is 0 Å². The number of rotatable bonds is 20. The third-order valence-corrected chi connectivity index (χ3v) is 22.2. The second kappa shape index (κ2) is 31.4. The number of carbonyl (C=O) groups excluding carboxylic acids is 1. The second-order valence-corrected chi connectivity index (χ2v) is 29.3. The van der Waals surface area contributed by atoms with Crippen LogP contribution in [0.15, 0.2) is 11.6 Å². The van der Waals surface area contributed by atoms with Gasteiger partial charge in [-0.15, -0.1) is 0 Å². The van der Waals surface area contributed by atoms with Crippen LogP contribution in [0.5, 0.6) is 0 Å². The summed E-state index contributed by atoms with van der Waals surface area (Å²) in [5.74, 6) is 0.331. The van der Waals surface area contributed by atoms with Gasteiger partial charge in [-0.25, -0.2) is 25.3 Å². The molecule has 9 aliphatic rings. The summed E-state index contributed by atoms with van der Waals surface area (Å²) < 4.78 is 185. The van der Waals surface area contributed by atoms with Crippen molar-refractivity contribution in [3.05, 3.63) is 11.6 Å². The Morgan fingerprint density at radius 3 is 1.67 bits per heavy atom. The van der Waals surface area contributed by atoms with Crippen LogP contribution < -0.4 is 88.7 Å². The molecule has 514 valence electrons. The van der Waals surface area contributed by atoms with E-state index in [0.717, 1.165) is 39.2 Å². The van der Waals surface area contributed by atoms with Crippen molar-refractivity contribution in [3.63, 3.8) is 0 Å². The zero-order chi connectivity index (χ0) is 65.6. The molecule has 30 atom stereocenters. The van der Waals surface area contributed by atoms with Crippen LogP contribution in [0.3, 0.4) is 0 Å². The summed E-state index contributed by atoms with van der Waals surface area (Å²) in [6, 6.07) is 0. The fraction of sp³-hybridized carbons (Fsp3) is 0.943. The number of hydrogen-bond donors (Lipinski definition) is 9. The van der Waals surface area contributed by atoms with Crippen molar-refractivity contribution in [2.24, 2.45) is 39.4 Å². The molecule has 0 amide bonds. The third kappa shape index (κ3) is 16.8. The van der Waals surface area contributed by atoms with E-state index in [-0.39, 0.29) is 128 Å². The number of fused-ring (bicyclic) bond motifs is 5. The molecule has 0 unspecified atom stereocenters. The standard InChI is InChI=1S/C53H86O33S3.3Na/c1-21(54)23-11-15-53(7)25-9-10-30-50(3,4)31(13-14-51(30,5)24(25)12-16-52(23,53)6)81-48-43(36(60)29(18-75-48)86-89(70,71)72)84-49-44(85-45-37(61)33(57)26(55)17-74-45)42(32(56)22(2)78-49)83-47-39(63)41(35(59)28(80-47)20-77-88(67,68)69)82-46-38(62)40(73-8)34(58)27(79-46)19-76-87(64,65)66;;;/h12,22-23,25-49,55-63H,9-11,13-20H2,1-8H3,(H,64,65,66)(H,67,68,69)(H,70,71,72);;;/q;3*+1/p-3/t22-,23-,25-,26-,27-,28-,29-,30+,31+,32-,33+,34-,35-,36+,37-,38-,39-,40+,41+,42+,43-,44-,45+,46+,47+,48+,49+,51-,52-,53+;;;/m1.../s1. The van der Waals surface area contributed by atoms with E-state index in [1.54, 1.807) is 6.92 Å². The van der Waals surface area contributed by atoms with Crippen molar-refractivity contribution in [2.75, 3.05) is 33.5 Å². The molecule has 92 heavy (non-hydrogen) atoms. The number of methoxy groups -OCH3 is 1. The summed E-state index contributed by atoms with van der Waals surface area (Å²) in [6.45, 7) is 9.78. The smallest absolute Gasteiger partial charge is 0.726 e. The molecule has 9 rings (SSSR count). The van der Waals surface area contributed by atoms with E-state index in [2.05, 4.69) is 35.2 Å². The van der Waals surface area contributed by atoms with Gasteiger partial charge in [-0.2, -0.15) is 0 Å². The van der Waals surface area contributed by atoms with Gasteiger partial charge in [-0.3, -0.25) is 17.3 Å². The fourth-order valence-electron chi connectivity index (χ4n) is 16.0. The van der Waals surface area contributed by atoms with Crippen LogP contribution in [0.25, 0.3) is 0 Å². The van der Waals surface area contributed by atoms with Gasteiger partial charge < -0.3 is 112 Å². The van der Waals surface area contributed by atoms with Crippen LogP contribution in [0, 0.1) is 39.4 Å². The van der Waals surface area contributed by atoms with E-state index in [9.17, 15) is 89.7 Å². The van der Waals surface area contributed by atoms with Gasteiger partial charge in [-0.05, 0) is 92.3 Å². The van der Waals surface area contributed by atoms with Crippen molar-refractivity contribution < 1.29 is 243 Å². The first-order valence-electron chi connectivity index (χ1n) is 29.4. The predicted molar refractivity (Wildman–Crippen MR) is 286 cm³/mol. The van der Waals surface area contributed by atoms with Gasteiger partial charge in [-0.1, -0.05) is 46.3 Å². The SMILES string of the molecule is CO[C@@H]1[C@@H](O)[C@H](O[C@@H]2[C@@H](O)[C@H](O[C@H]3[C@H](O)[C@@H](C)O[C@@H](O[C@H]4[C@H](O[C@H]5CC[C@]6(C)C7=CC[C@]8(C)[C@@H](C(C)=O)CC[C@@]8(C)[C@@H]7CC[C@H]6C5(C)C)OC[C@@H](OS(=O)(=O)[O-])[C@@H]4O)[C@@H]3O[C@@H]3OC[C@@H](O)[C@H](O)[C@H]3O)O[C@H](COS(=O)(=O)[O-])[C@H]2O)O[C@H](COS(=O)(=O)[O-])[C@H]1O.[Na+].[Na+].[Na+]. The van der Waals surface area contributed by atoms with Crippen LogP contribution >= 0.6 is 0 Å². The largest absolute Gasteiger partial charge is 1.00 e. The molecule has 0 radical (unpaired) electrons. The maximum Gasteiger partial charge on any atom is 1.00 e. The molecule has 5 saturated heterocycles. The quantitative estimate of drug-likeness (QED) is 0.0180. The topological polar surface area (TPSA) is 500 Å². The molecular weight excluding hydrogens is 1330 g/mol. The second-order valence-electron chi connectivity index (χ2n) is 26.2. The normalized spacial score (nSPS) is 47.2. The van der Waals surface area contributed by atoms with Gasteiger partial charge in [0.1, 0.15) is 110 Å². The summed E-state index contributed by atoms with van der Waals surface area (Å²) in [5, 5.41) is 102. The van der Waals surface area contributed by atoms with Crippen molar-refractivity contribution in [1.29, 1.82) is 0 Å². The summed E-state index contributed by atoms with van der Waals surface area (Å²) in [6.07, 6.45) is -40.1. The molecule has 0 spiro atoms. The Hall–Kier alpha value is 1.22. The summed E-state index contributed by atoms with van der Waals surface area (Å²) in [4.78, 5) is 13.0. The number of hydrogen-bond acceptors (Lipinski definition) is 33.